The van der Waals surface area contributed by atoms with Gasteiger partial charge >= 0.3 is 0 Å². The van der Waals surface area contributed by atoms with Gasteiger partial charge in [0.2, 0.25) is 0 Å². The minimum absolute atomic E-state index is 0.118. The van der Waals surface area contributed by atoms with Gasteiger partial charge in [0.1, 0.15) is 23.6 Å². The zero-order chi connectivity index (χ0) is 23.3. The molecule has 172 valence electrons. The van der Waals surface area contributed by atoms with Gasteiger partial charge in [-0.2, -0.15) is 0 Å². The highest BCUT2D eigenvalue weighted by Gasteiger charge is 2.43. The van der Waals surface area contributed by atoms with Crippen molar-refractivity contribution in [2.45, 2.75) is 43.6 Å². The molecule has 4 atom stereocenters. The summed E-state index contributed by atoms with van der Waals surface area (Å²) >= 11 is 0. The van der Waals surface area contributed by atoms with Crippen molar-refractivity contribution in [3.8, 4) is 28.1 Å². The van der Waals surface area contributed by atoms with Gasteiger partial charge in [-0.15, -0.1) is 0 Å². The second kappa shape index (κ2) is 8.22. The number of alkyl halides is 1. The van der Waals surface area contributed by atoms with Gasteiger partial charge in [-0.1, -0.05) is 0 Å². The normalized spacial score (nSPS) is 24.1. The van der Waals surface area contributed by atoms with Crippen molar-refractivity contribution in [1.29, 1.82) is 0 Å². The molecule has 4 heterocycles. The molecule has 2 aromatic heterocycles. The molecule has 0 aliphatic carbocycles. The number of phenolic OH excluding ortho intramolecular Hbond substituents is 1. The Bertz CT molecular complexity index is 1250. The van der Waals surface area contributed by atoms with Crippen LogP contribution in [0.15, 0.2) is 47.7 Å². The highest BCUT2D eigenvalue weighted by molar-refractivity contribution is 5.74. The Kier molecular flexibility index (Phi) is 5.36. The number of hydrogen-bond donors (Lipinski definition) is 2. The summed E-state index contributed by atoms with van der Waals surface area (Å²) in [7, 11) is 3.41. The highest BCUT2D eigenvalue weighted by Crippen LogP contribution is 2.36. The predicted molar refractivity (Wildman–Crippen MR) is 121 cm³/mol. The molecule has 0 amide bonds. The monoisotopic (exact) mass is 453 g/mol. The van der Waals surface area contributed by atoms with E-state index in [0.29, 0.717) is 29.5 Å². The fourth-order valence-electron chi connectivity index (χ4n) is 4.87. The van der Waals surface area contributed by atoms with Crippen LogP contribution < -0.4 is 15.8 Å². The minimum Gasteiger partial charge on any atom is -0.507 e. The topological polar surface area (TPSA) is 83.3 Å². The lowest BCUT2D eigenvalue weighted by Crippen LogP contribution is -2.55. The number of benzene rings is 1. The molecule has 3 aromatic rings. The van der Waals surface area contributed by atoms with Crippen molar-refractivity contribution in [3.63, 3.8) is 0 Å². The molecule has 1 aromatic carbocycles. The predicted octanol–water partition coefficient (Wildman–Crippen LogP) is 3.02. The molecule has 0 spiro atoms. The first-order valence-electron chi connectivity index (χ1n) is 11.0. The van der Waals surface area contributed by atoms with Crippen LogP contribution in [0.3, 0.4) is 0 Å². The molecule has 5 rings (SSSR count). The smallest absolute Gasteiger partial charge is 0.250 e. The second-order valence-electron chi connectivity index (χ2n) is 8.88. The lowest BCUT2D eigenvalue weighted by Gasteiger charge is -2.38. The fourth-order valence-corrected chi connectivity index (χ4v) is 4.87. The Morgan fingerprint density at radius 3 is 2.73 bits per heavy atom. The van der Waals surface area contributed by atoms with Crippen molar-refractivity contribution in [2.24, 2.45) is 7.05 Å². The number of hydrogen-bond acceptors (Lipinski definition) is 6. The van der Waals surface area contributed by atoms with Crippen LogP contribution in [-0.4, -0.2) is 51.0 Å². The second-order valence-corrected chi connectivity index (χ2v) is 8.88. The molecular formula is C24H25F2N5O2. The van der Waals surface area contributed by atoms with E-state index in [9.17, 15) is 18.7 Å². The maximum Gasteiger partial charge on any atom is 0.250 e. The van der Waals surface area contributed by atoms with E-state index in [0.717, 1.165) is 12.8 Å². The van der Waals surface area contributed by atoms with E-state index in [1.165, 1.54) is 35.2 Å². The molecule has 0 saturated carbocycles. The molecule has 2 bridgehead atoms. The summed E-state index contributed by atoms with van der Waals surface area (Å²) in [6.45, 7) is 0. The standard InChI is InChI=1S/C24H25F2N5O2/c1-30-6-5-13(7-23(30)33)15-10-21(32)16(9-17(15)25)19-11-28-22(12-27-19)31(2)20-8-14-3-4-18(29-14)24(20)26/h5-7,9-12,14,18,20,24,29,32H,3-4,8H2,1-2H3/t14?,18?,20-,24+/m1/s1. The SMILES string of the molecule is CN(c1cnc(-c2cc(F)c(-c3ccn(C)c(=O)c3)cc2O)cn1)[C@@H]1CC2CCC(N2)[C@@H]1F. The summed E-state index contributed by atoms with van der Waals surface area (Å²) in [5, 5.41) is 13.9. The van der Waals surface area contributed by atoms with Crippen LogP contribution >= 0.6 is 0 Å². The summed E-state index contributed by atoms with van der Waals surface area (Å²) in [6, 6.07) is 5.29. The number of aryl methyl sites for hydroxylation is 1. The van der Waals surface area contributed by atoms with Crippen molar-refractivity contribution < 1.29 is 13.9 Å². The number of rotatable bonds is 4. The molecule has 33 heavy (non-hydrogen) atoms. The number of halogens is 2. The lowest BCUT2D eigenvalue weighted by molar-refractivity contribution is 0.176. The first-order valence-corrected chi connectivity index (χ1v) is 11.0. The Labute approximate surface area is 189 Å². The van der Waals surface area contributed by atoms with Gasteiger partial charge in [0.05, 0.1) is 24.1 Å². The van der Waals surface area contributed by atoms with Gasteiger partial charge in [-0.3, -0.25) is 9.78 Å². The molecular weight excluding hydrogens is 428 g/mol. The molecule has 2 fully saturated rings. The number of nitrogens with zero attached hydrogens (tertiary/aromatic N) is 4. The van der Waals surface area contributed by atoms with E-state index < -0.39 is 12.0 Å². The average Bonchev–Trinajstić information content (AvgIpc) is 3.22. The summed E-state index contributed by atoms with van der Waals surface area (Å²) in [6.07, 6.45) is 6.04. The number of nitrogens with one attached hydrogen (secondary N) is 1. The van der Waals surface area contributed by atoms with Crippen molar-refractivity contribution in [3.05, 3.63) is 59.0 Å². The number of pyridine rings is 1. The van der Waals surface area contributed by atoms with Gasteiger partial charge in [0.15, 0.2) is 0 Å². The van der Waals surface area contributed by atoms with E-state index >= 15 is 0 Å². The van der Waals surface area contributed by atoms with Crippen LogP contribution in [0.4, 0.5) is 14.6 Å². The Morgan fingerprint density at radius 1 is 1.18 bits per heavy atom. The number of piperidine rings is 1. The number of fused-ring (bicyclic) bond motifs is 2. The molecule has 2 aliphatic heterocycles. The van der Waals surface area contributed by atoms with Gasteiger partial charge in [-0.25, -0.2) is 13.8 Å². The van der Waals surface area contributed by atoms with Crippen LogP contribution in [-0.2, 0) is 7.05 Å². The zero-order valence-electron chi connectivity index (χ0n) is 18.4. The van der Waals surface area contributed by atoms with E-state index in [2.05, 4.69) is 15.3 Å². The first-order chi connectivity index (χ1) is 15.8. The van der Waals surface area contributed by atoms with E-state index in [4.69, 9.17) is 0 Å². The van der Waals surface area contributed by atoms with Crippen molar-refractivity contribution >= 4 is 5.82 Å². The molecule has 0 radical (unpaired) electrons. The Morgan fingerprint density at radius 2 is 2.00 bits per heavy atom. The van der Waals surface area contributed by atoms with E-state index in [-0.39, 0.29) is 34.5 Å². The van der Waals surface area contributed by atoms with E-state index in [1.807, 2.05) is 11.9 Å². The quantitative estimate of drug-likeness (QED) is 0.632. The number of aromatic hydroxyl groups is 1. The van der Waals surface area contributed by atoms with E-state index in [1.54, 1.807) is 19.3 Å². The van der Waals surface area contributed by atoms with Gasteiger partial charge in [0, 0.05) is 49.6 Å². The van der Waals surface area contributed by atoms with Crippen LogP contribution in [0.1, 0.15) is 19.3 Å². The zero-order valence-corrected chi connectivity index (χ0v) is 18.4. The molecule has 2 saturated heterocycles. The third-order valence-electron chi connectivity index (χ3n) is 6.83. The molecule has 9 heteroatoms. The fraction of sp³-hybridized carbons (Fsp3) is 0.375. The lowest BCUT2D eigenvalue weighted by atomic mass is 9.96. The van der Waals surface area contributed by atoms with Crippen LogP contribution in [0.5, 0.6) is 5.75 Å². The maximum absolute atomic E-state index is 14.9. The minimum atomic E-state index is -0.990. The number of phenols is 1. The highest BCUT2D eigenvalue weighted by atomic mass is 19.1. The van der Waals surface area contributed by atoms with Gasteiger partial charge < -0.3 is 19.9 Å². The largest absolute Gasteiger partial charge is 0.507 e. The first kappa shape index (κ1) is 21.5. The molecule has 2 unspecified atom stereocenters. The molecule has 7 nitrogen and oxygen atoms in total. The molecule has 2 N–H and O–H groups in total. The molecule has 2 aliphatic rings. The third kappa shape index (κ3) is 3.86. The Hall–Kier alpha value is -3.33. The maximum atomic E-state index is 14.9. The average molecular weight is 453 g/mol. The summed E-state index contributed by atoms with van der Waals surface area (Å²) in [4.78, 5) is 22.5. The van der Waals surface area contributed by atoms with Crippen molar-refractivity contribution in [1.82, 2.24) is 19.9 Å². The van der Waals surface area contributed by atoms with Crippen LogP contribution in [0, 0.1) is 5.82 Å². The third-order valence-corrected chi connectivity index (χ3v) is 6.83. The van der Waals surface area contributed by atoms with Gasteiger partial charge in [0.25, 0.3) is 5.56 Å². The number of aromatic nitrogens is 3. The summed E-state index contributed by atoms with van der Waals surface area (Å²) in [5.74, 6) is -0.254. The summed E-state index contributed by atoms with van der Waals surface area (Å²) in [5.41, 5.74) is 0.689. The van der Waals surface area contributed by atoms with Gasteiger partial charge in [-0.05, 0) is 43.0 Å². The summed E-state index contributed by atoms with van der Waals surface area (Å²) < 4.78 is 31.2. The Balaban J connectivity index is 1.40. The van der Waals surface area contributed by atoms with Crippen LogP contribution in [0.2, 0.25) is 0 Å². The van der Waals surface area contributed by atoms with Crippen LogP contribution in [0.25, 0.3) is 22.4 Å². The number of anilines is 1. The van der Waals surface area contributed by atoms with Crippen molar-refractivity contribution in [2.75, 3.05) is 11.9 Å².